The van der Waals surface area contributed by atoms with Crippen molar-refractivity contribution in [3.8, 4) is 0 Å². The fraction of sp³-hybridized carbons (Fsp3) is 0.167. The molecule has 122 valence electrons. The van der Waals surface area contributed by atoms with Crippen LogP contribution in [0.15, 0.2) is 67.3 Å². The lowest BCUT2D eigenvalue weighted by Crippen LogP contribution is -2.08. The summed E-state index contributed by atoms with van der Waals surface area (Å²) in [7, 11) is 0. The Balaban J connectivity index is 1.72. The Morgan fingerprint density at radius 3 is 2.67 bits per heavy atom. The van der Waals surface area contributed by atoms with Crippen LogP contribution >= 0.6 is 0 Å². The average Bonchev–Trinajstić information content (AvgIpc) is 3.09. The van der Waals surface area contributed by atoms with E-state index in [2.05, 4.69) is 10.3 Å². The maximum absolute atomic E-state index is 11.2. The largest absolute Gasteiger partial charge is 0.379 e. The first-order valence-electron chi connectivity index (χ1n) is 7.73. The summed E-state index contributed by atoms with van der Waals surface area (Å²) in [5.41, 5.74) is 2.83. The highest BCUT2D eigenvalue weighted by Crippen LogP contribution is 2.26. The van der Waals surface area contributed by atoms with E-state index in [1.54, 1.807) is 24.7 Å². The quantitative estimate of drug-likeness (QED) is 0.534. The molecule has 1 aromatic heterocycles. The number of hydrogen-bond acceptors (Lipinski definition) is 4. The number of nitro benzene ring substituents is 1. The second kappa shape index (κ2) is 7.41. The highest BCUT2D eigenvalue weighted by atomic mass is 16.6. The molecule has 6 heteroatoms. The Morgan fingerprint density at radius 1 is 1.12 bits per heavy atom. The van der Waals surface area contributed by atoms with Gasteiger partial charge in [-0.3, -0.25) is 10.1 Å². The molecule has 0 saturated heterocycles. The maximum Gasteiger partial charge on any atom is 0.292 e. The SMILES string of the molecule is O=[N+]([O-])c1ccc(Cn2ccnc2)cc1NCCc1ccccc1. The van der Waals surface area contributed by atoms with Gasteiger partial charge >= 0.3 is 0 Å². The standard InChI is InChI=1S/C18H18N4O2/c23-22(24)18-7-6-16(13-21-11-10-19-14-21)12-17(18)20-9-8-15-4-2-1-3-5-15/h1-7,10-12,14,20H,8-9,13H2. The molecule has 0 bridgehead atoms. The molecule has 0 fully saturated rings. The minimum Gasteiger partial charge on any atom is -0.379 e. The summed E-state index contributed by atoms with van der Waals surface area (Å²) in [5, 5.41) is 14.4. The van der Waals surface area contributed by atoms with E-state index < -0.39 is 0 Å². The fourth-order valence-corrected chi connectivity index (χ4v) is 2.56. The molecular formula is C18H18N4O2. The number of nitrogens with one attached hydrogen (secondary N) is 1. The average molecular weight is 322 g/mol. The van der Waals surface area contributed by atoms with E-state index >= 15 is 0 Å². The van der Waals surface area contributed by atoms with E-state index in [1.165, 1.54) is 5.56 Å². The zero-order chi connectivity index (χ0) is 16.8. The first-order valence-corrected chi connectivity index (χ1v) is 7.73. The zero-order valence-electron chi connectivity index (χ0n) is 13.1. The van der Waals surface area contributed by atoms with Crippen LogP contribution in [-0.2, 0) is 13.0 Å². The Morgan fingerprint density at radius 2 is 1.96 bits per heavy atom. The molecule has 0 unspecified atom stereocenters. The number of benzene rings is 2. The van der Waals surface area contributed by atoms with Gasteiger partial charge in [-0.05, 0) is 23.6 Å². The van der Waals surface area contributed by atoms with Crippen LogP contribution in [0.3, 0.4) is 0 Å². The van der Waals surface area contributed by atoms with Crippen molar-refractivity contribution in [1.29, 1.82) is 0 Å². The van der Waals surface area contributed by atoms with Crippen molar-refractivity contribution in [2.45, 2.75) is 13.0 Å². The second-order valence-corrected chi connectivity index (χ2v) is 5.51. The summed E-state index contributed by atoms with van der Waals surface area (Å²) in [5.74, 6) is 0. The molecule has 1 heterocycles. The Bertz CT molecular complexity index is 801. The molecule has 2 aromatic carbocycles. The van der Waals surface area contributed by atoms with Crippen LogP contribution in [0.4, 0.5) is 11.4 Å². The normalized spacial score (nSPS) is 10.5. The Kier molecular flexibility index (Phi) is 4.86. The van der Waals surface area contributed by atoms with Crippen LogP contribution in [0.2, 0.25) is 0 Å². The smallest absolute Gasteiger partial charge is 0.292 e. The van der Waals surface area contributed by atoms with Crippen molar-refractivity contribution in [3.05, 3.63) is 88.5 Å². The van der Waals surface area contributed by atoms with E-state index in [1.807, 2.05) is 47.2 Å². The van der Waals surface area contributed by atoms with Crippen LogP contribution in [-0.4, -0.2) is 21.0 Å². The molecule has 0 aliphatic heterocycles. The third-order valence-corrected chi connectivity index (χ3v) is 3.75. The first-order chi connectivity index (χ1) is 11.7. The predicted molar refractivity (Wildman–Crippen MR) is 93.1 cm³/mol. The highest BCUT2D eigenvalue weighted by Gasteiger charge is 2.14. The monoisotopic (exact) mass is 322 g/mol. The summed E-state index contributed by atoms with van der Waals surface area (Å²) >= 11 is 0. The van der Waals surface area contributed by atoms with Gasteiger partial charge in [-0.1, -0.05) is 36.4 Å². The van der Waals surface area contributed by atoms with E-state index in [-0.39, 0.29) is 10.6 Å². The minimum absolute atomic E-state index is 0.0949. The van der Waals surface area contributed by atoms with Crippen LogP contribution < -0.4 is 5.32 Å². The number of anilines is 1. The van der Waals surface area contributed by atoms with Gasteiger partial charge < -0.3 is 9.88 Å². The molecule has 1 N–H and O–H groups in total. The summed E-state index contributed by atoms with van der Waals surface area (Å²) in [6, 6.07) is 15.2. The number of hydrogen-bond donors (Lipinski definition) is 1. The molecule has 24 heavy (non-hydrogen) atoms. The number of aromatic nitrogens is 2. The third-order valence-electron chi connectivity index (χ3n) is 3.75. The van der Waals surface area contributed by atoms with E-state index in [0.29, 0.717) is 18.8 Å². The van der Waals surface area contributed by atoms with Crippen molar-refractivity contribution in [2.24, 2.45) is 0 Å². The topological polar surface area (TPSA) is 73.0 Å². The third kappa shape index (κ3) is 3.98. The van der Waals surface area contributed by atoms with Crippen LogP contribution in [0.5, 0.6) is 0 Å². The molecule has 0 saturated carbocycles. The molecule has 3 rings (SSSR count). The Hall–Kier alpha value is -3.15. The van der Waals surface area contributed by atoms with E-state index in [4.69, 9.17) is 0 Å². The van der Waals surface area contributed by atoms with Gasteiger partial charge in [0.05, 0.1) is 11.3 Å². The van der Waals surface area contributed by atoms with Crippen molar-refractivity contribution < 1.29 is 4.92 Å². The van der Waals surface area contributed by atoms with Crippen LogP contribution in [0.1, 0.15) is 11.1 Å². The molecule has 0 amide bonds. The highest BCUT2D eigenvalue weighted by molar-refractivity contribution is 5.62. The van der Waals surface area contributed by atoms with Gasteiger partial charge in [0.15, 0.2) is 0 Å². The second-order valence-electron chi connectivity index (χ2n) is 5.51. The van der Waals surface area contributed by atoms with Gasteiger partial charge in [0.1, 0.15) is 5.69 Å². The lowest BCUT2D eigenvalue weighted by molar-refractivity contribution is -0.384. The maximum atomic E-state index is 11.2. The first kappa shape index (κ1) is 15.7. The molecule has 6 nitrogen and oxygen atoms in total. The summed E-state index contributed by atoms with van der Waals surface area (Å²) in [6.07, 6.45) is 6.11. The lowest BCUT2D eigenvalue weighted by Gasteiger charge is -2.10. The van der Waals surface area contributed by atoms with Gasteiger partial charge in [0, 0.05) is 31.5 Å². The fourth-order valence-electron chi connectivity index (χ4n) is 2.56. The van der Waals surface area contributed by atoms with Gasteiger partial charge in [-0.2, -0.15) is 0 Å². The predicted octanol–water partition coefficient (Wildman–Crippen LogP) is 3.49. The molecule has 0 atom stereocenters. The summed E-state index contributed by atoms with van der Waals surface area (Å²) < 4.78 is 1.93. The lowest BCUT2D eigenvalue weighted by atomic mass is 10.1. The molecule has 0 aliphatic rings. The van der Waals surface area contributed by atoms with Gasteiger partial charge in [-0.15, -0.1) is 0 Å². The van der Waals surface area contributed by atoms with Crippen LogP contribution in [0.25, 0.3) is 0 Å². The van der Waals surface area contributed by atoms with Crippen LogP contribution in [0, 0.1) is 10.1 Å². The number of rotatable bonds is 7. The van der Waals surface area contributed by atoms with Crippen molar-refractivity contribution in [2.75, 3.05) is 11.9 Å². The molecule has 0 aliphatic carbocycles. The number of nitrogens with zero attached hydrogens (tertiary/aromatic N) is 3. The number of imidazole rings is 1. The van der Waals surface area contributed by atoms with Gasteiger partial charge in [0.2, 0.25) is 0 Å². The molecular weight excluding hydrogens is 304 g/mol. The molecule has 0 radical (unpaired) electrons. The summed E-state index contributed by atoms with van der Waals surface area (Å²) in [6.45, 7) is 1.27. The summed E-state index contributed by atoms with van der Waals surface area (Å²) in [4.78, 5) is 14.9. The van der Waals surface area contributed by atoms with Crippen molar-refractivity contribution >= 4 is 11.4 Å². The Labute approximate surface area is 139 Å². The van der Waals surface area contributed by atoms with Crippen molar-refractivity contribution in [1.82, 2.24) is 9.55 Å². The van der Waals surface area contributed by atoms with Gasteiger partial charge in [0.25, 0.3) is 5.69 Å². The molecule has 3 aromatic rings. The minimum atomic E-state index is -0.355. The van der Waals surface area contributed by atoms with Gasteiger partial charge in [-0.25, -0.2) is 4.98 Å². The zero-order valence-corrected chi connectivity index (χ0v) is 13.1. The van der Waals surface area contributed by atoms with E-state index in [0.717, 1.165) is 12.0 Å². The van der Waals surface area contributed by atoms with Crippen molar-refractivity contribution in [3.63, 3.8) is 0 Å². The molecule has 0 spiro atoms. The van der Waals surface area contributed by atoms with E-state index in [9.17, 15) is 10.1 Å². The number of nitro groups is 1.